The number of rotatable bonds is 3. The van der Waals surface area contributed by atoms with Crippen LogP contribution < -0.4 is 4.72 Å². The summed E-state index contributed by atoms with van der Waals surface area (Å²) in [7, 11) is 0. The Labute approximate surface area is 115 Å². The molecule has 0 bridgehead atoms. The van der Waals surface area contributed by atoms with Crippen LogP contribution in [0.15, 0.2) is 16.9 Å². The summed E-state index contributed by atoms with van der Waals surface area (Å²) < 4.78 is 15.8. The van der Waals surface area contributed by atoms with Gasteiger partial charge in [0.2, 0.25) is 0 Å². The average molecular weight is 319 g/mol. The minimum Gasteiger partial charge on any atom is -0.598 e. The van der Waals surface area contributed by atoms with Crippen molar-refractivity contribution >= 4 is 27.3 Å². The number of pyridine rings is 1. The molecule has 5 heteroatoms. The topological polar surface area (TPSA) is 48.0 Å². The van der Waals surface area contributed by atoms with E-state index >= 15 is 0 Å². The number of nitrogens with zero attached hydrogens (tertiary/aromatic N) is 1. The van der Waals surface area contributed by atoms with Gasteiger partial charge in [-0.3, -0.25) is 4.98 Å². The van der Waals surface area contributed by atoms with Gasteiger partial charge in [0.05, 0.1) is 6.04 Å². The zero-order chi connectivity index (χ0) is 13.2. The van der Waals surface area contributed by atoms with Gasteiger partial charge in [0.15, 0.2) is 0 Å². The SMILES string of the molecule is Cc1c(Br)cncc1[C@@H](C)N[S+]([O-])C(C)(C)C. The van der Waals surface area contributed by atoms with E-state index in [1.54, 1.807) is 6.20 Å². The van der Waals surface area contributed by atoms with Crippen molar-refractivity contribution in [2.45, 2.75) is 45.4 Å². The maximum Gasteiger partial charge on any atom is 0.136 e. The van der Waals surface area contributed by atoms with Crippen LogP contribution in [0.5, 0.6) is 0 Å². The highest BCUT2D eigenvalue weighted by atomic mass is 79.9. The summed E-state index contributed by atoms with van der Waals surface area (Å²) in [5.74, 6) is 0. The van der Waals surface area contributed by atoms with Gasteiger partial charge < -0.3 is 4.55 Å². The summed E-state index contributed by atoms with van der Waals surface area (Å²) >= 11 is 2.38. The molecule has 1 aromatic rings. The molecule has 0 aliphatic carbocycles. The molecule has 1 unspecified atom stereocenters. The summed E-state index contributed by atoms with van der Waals surface area (Å²) in [6, 6.07) is 0.0139. The maximum absolute atomic E-state index is 12.0. The van der Waals surface area contributed by atoms with Crippen LogP contribution in [-0.2, 0) is 11.4 Å². The highest BCUT2D eigenvalue weighted by Gasteiger charge is 2.28. The first-order chi connectivity index (χ1) is 7.73. The first-order valence-electron chi connectivity index (χ1n) is 5.51. The van der Waals surface area contributed by atoms with Gasteiger partial charge in [0, 0.05) is 28.2 Å². The second-order valence-corrected chi connectivity index (χ2v) is 7.91. The molecule has 1 heterocycles. The summed E-state index contributed by atoms with van der Waals surface area (Å²) in [6.45, 7) is 9.89. The Hall–Kier alpha value is -0.100. The molecule has 1 rings (SSSR count). The molecular weight excluding hydrogens is 300 g/mol. The average Bonchev–Trinajstić information content (AvgIpc) is 2.20. The number of hydrogen-bond acceptors (Lipinski definition) is 3. The van der Waals surface area contributed by atoms with Crippen LogP contribution in [0.1, 0.15) is 44.9 Å². The molecule has 0 aromatic carbocycles. The third kappa shape index (κ3) is 3.95. The van der Waals surface area contributed by atoms with Gasteiger partial charge in [-0.1, -0.05) is 0 Å². The molecule has 96 valence electrons. The normalized spacial score (nSPS) is 15.7. The molecule has 0 aliphatic rings. The summed E-state index contributed by atoms with van der Waals surface area (Å²) in [4.78, 5) is 4.15. The van der Waals surface area contributed by atoms with Gasteiger partial charge in [0.25, 0.3) is 0 Å². The summed E-state index contributed by atoms with van der Waals surface area (Å²) in [5.41, 5.74) is 2.20. The van der Waals surface area contributed by atoms with E-state index < -0.39 is 11.4 Å². The number of halogens is 1. The first kappa shape index (κ1) is 15.0. The van der Waals surface area contributed by atoms with Crippen molar-refractivity contribution in [1.29, 1.82) is 0 Å². The molecule has 3 nitrogen and oxygen atoms in total. The fourth-order valence-corrected chi connectivity index (χ4v) is 2.50. The molecule has 0 amide bonds. The molecule has 0 spiro atoms. The van der Waals surface area contributed by atoms with Crippen LogP contribution in [0.2, 0.25) is 0 Å². The van der Waals surface area contributed by atoms with Crippen LogP contribution >= 0.6 is 15.9 Å². The molecule has 0 saturated heterocycles. The molecule has 1 N–H and O–H groups in total. The van der Waals surface area contributed by atoms with E-state index in [1.165, 1.54) is 0 Å². The predicted molar refractivity (Wildman–Crippen MR) is 76.1 cm³/mol. The number of hydrogen-bond donors (Lipinski definition) is 1. The van der Waals surface area contributed by atoms with E-state index in [-0.39, 0.29) is 10.8 Å². The molecule has 0 saturated carbocycles. The molecular formula is C12H19BrN2OS. The van der Waals surface area contributed by atoms with Crippen molar-refractivity contribution in [2.24, 2.45) is 0 Å². The van der Waals surface area contributed by atoms with Gasteiger partial charge in [-0.2, -0.15) is 0 Å². The number of aromatic nitrogens is 1. The maximum atomic E-state index is 12.0. The minimum atomic E-state index is -1.08. The summed E-state index contributed by atoms with van der Waals surface area (Å²) in [5, 5.41) is 0. The zero-order valence-corrected chi connectivity index (χ0v) is 13.3. The third-order valence-electron chi connectivity index (χ3n) is 2.50. The minimum absolute atomic E-state index is 0.0139. The van der Waals surface area contributed by atoms with Gasteiger partial charge in [-0.15, -0.1) is 4.72 Å². The number of nitrogens with one attached hydrogen (secondary N) is 1. The second kappa shape index (κ2) is 5.69. The molecule has 1 aromatic heterocycles. The molecule has 0 aliphatic heterocycles. The lowest BCUT2D eigenvalue weighted by molar-refractivity contribution is 0.530. The van der Waals surface area contributed by atoms with Gasteiger partial charge in [-0.05, 0) is 61.7 Å². The summed E-state index contributed by atoms with van der Waals surface area (Å²) in [6.07, 6.45) is 3.59. The Balaban J connectivity index is 2.84. The van der Waals surface area contributed by atoms with Crippen LogP contribution in [0.3, 0.4) is 0 Å². The van der Waals surface area contributed by atoms with Crippen LogP contribution in [0.4, 0.5) is 0 Å². The smallest absolute Gasteiger partial charge is 0.136 e. The van der Waals surface area contributed by atoms with Crippen molar-refractivity contribution in [1.82, 2.24) is 9.71 Å². The van der Waals surface area contributed by atoms with Crippen molar-refractivity contribution in [3.05, 3.63) is 28.0 Å². The zero-order valence-electron chi connectivity index (χ0n) is 10.9. The standard InChI is InChI=1S/C12H19BrN2OS/c1-8-10(6-14-7-11(8)13)9(2)15-17(16)12(3,4)5/h6-7,9,15H,1-5H3/t9-,17?/m1/s1. The van der Waals surface area contributed by atoms with Crippen molar-refractivity contribution in [3.8, 4) is 0 Å². The Morgan fingerprint density at radius 1 is 1.41 bits per heavy atom. The van der Waals surface area contributed by atoms with Crippen molar-refractivity contribution in [2.75, 3.05) is 0 Å². The predicted octanol–water partition coefficient (Wildman–Crippen LogP) is 3.27. The van der Waals surface area contributed by atoms with E-state index in [4.69, 9.17) is 0 Å². The molecule has 17 heavy (non-hydrogen) atoms. The van der Waals surface area contributed by atoms with Gasteiger partial charge >= 0.3 is 0 Å². The monoisotopic (exact) mass is 318 g/mol. The lowest BCUT2D eigenvalue weighted by Crippen LogP contribution is -2.40. The van der Waals surface area contributed by atoms with E-state index in [0.717, 1.165) is 15.6 Å². The lowest BCUT2D eigenvalue weighted by atomic mass is 10.1. The first-order valence-corrected chi connectivity index (χ1v) is 7.46. The Morgan fingerprint density at radius 3 is 2.53 bits per heavy atom. The molecule has 0 radical (unpaired) electrons. The van der Waals surface area contributed by atoms with Crippen LogP contribution in [0, 0.1) is 6.92 Å². The van der Waals surface area contributed by atoms with Crippen LogP contribution in [0.25, 0.3) is 0 Å². The molecule has 0 fully saturated rings. The Bertz CT molecular complexity index is 393. The van der Waals surface area contributed by atoms with Gasteiger partial charge in [0.1, 0.15) is 4.75 Å². The molecule has 2 atom stereocenters. The highest BCUT2D eigenvalue weighted by molar-refractivity contribution is 9.10. The van der Waals surface area contributed by atoms with E-state index in [9.17, 15) is 4.55 Å². The van der Waals surface area contributed by atoms with E-state index in [1.807, 2.05) is 40.8 Å². The quantitative estimate of drug-likeness (QED) is 0.870. The fraction of sp³-hybridized carbons (Fsp3) is 0.583. The van der Waals surface area contributed by atoms with Crippen molar-refractivity contribution < 1.29 is 4.55 Å². The highest BCUT2D eigenvalue weighted by Crippen LogP contribution is 2.25. The largest absolute Gasteiger partial charge is 0.598 e. The Kier molecular flexibility index (Phi) is 5.01. The van der Waals surface area contributed by atoms with Crippen LogP contribution in [-0.4, -0.2) is 14.3 Å². The Morgan fingerprint density at radius 2 is 2.00 bits per heavy atom. The van der Waals surface area contributed by atoms with Gasteiger partial charge in [-0.25, -0.2) is 0 Å². The van der Waals surface area contributed by atoms with Crippen molar-refractivity contribution in [3.63, 3.8) is 0 Å². The van der Waals surface area contributed by atoms with E-state index in [2.05, 4.69) is 25.6 Å². The lowest BCUT2D eigenvalue weighted by Gasteiger charge is -2.27. The third-order valence-corrected chi connectivity index (χ3v) is 4.98. The second-order valence-electron chi connectivity index (χ2n) is 5.06. The fourth-order valence-electron chi connectivity index (χ4n) is 1.35. The van der Waals surface area contributed by atoms with E-state index in [0.29, 0.717) is 0 Å².